The minimum Gasteiger partial charge on any atom is -0.497 e. The van der Waals surface area contributed by atoms with E-state index in [0.29, 0.717) is 6.54 Å². The van der Waals surface area contributed by atoms with Crippen LogP contribution >= 0.6 is 0 Å². The number of benzene rings is 1. The molecule has 0 atom stereocenters. The van der Waals surface area contributed by atoms with E-state index < -0.39 is 0 Å². The summed E-state index contributed by atoms with van der Waals surface area (Å²) in [5, 5.41) is 4.47. The van der Waals surface area contributed by atoms with Crippen molar-refractivity contribution in [3.8, 4) is 11.4 Å². The second kappa shape index (κ2) is 7.03. The Kier molecular flexibility index (Phi) is 4.42. The number of ether oxygens (including phenoxy) is 1. The van der Waals surface area contributed by atoms with Crippen LogP contribution in [-0.2, 0) is 6.54 Å². The zero-order valence-corrected chi connectivity index (χ0v) is 15.5. The van der Waals surface area contributed by atoms with Gasteiger partial charge in [-0.25, -0.2) is 19.6 Å². The van der Waals surface area contributed by atoms with Gasteiger partial charge < -0.3 is 9.64 Å². The molecule has 7 heteroatoms. The van der Waals surface area contributed by atoms with Crippen molar-refractivity contribution in [2.75, 3.05) is 19.1 Å². The van der Waals surface area contributed by atoms with Crippen LogP contribution in [0.5, 0.6) is 5.75 Å². The fraction of sp³-hybridized carbons (Fsp3) is 0.200. The summed E-state index contributed by atoms with van der Waals surface area (Å²) < 4.78 is 7.13. The molecule has 136 valence electrons. The van der Waals surface area contributed by atoms with Crippen LogP contribution in [0.2, 0.25) is 0 Å². The van der Waals surface area contributed by atoms with Crippen LogP contribution in [0, 0.1) is 6.92 Å². The molecule has 0 aliphatic heterocycles. The summed E-state index contributed by atoms with van der Waals surface area (Å²) in [6.07, 6.45) is 5.44. The summed E-state index contributed by atoms with van der Waals surface area (Å²) in [7, 11) is 3.65. The Balaban J connectivity index is 1.60. The second-order valence-corrected chi connectivity index (χ2v) is 6.37. The summed E-state index contributed by atoms with van der Waals surface area (Å²) >= 11 is 0. The average Bonchev–Trinajstić information content (AvgIpc) is 3.16. The molecular weight excluding hydrogens is 340 g/mol. The van der Waals surface area contributed by atoms with Gasteiger partial charge in [-0.15, -0.1) is 0 Å². The van der Waals surface area contributed by atoms with Gasteiger partial charge in [0.15, 0.2) is 5.82 Å². The van der Waals surface area contributed by atoms with E-state index in [1.807, 2.05) is 67.4 Å². The smallest absolute Gasteiger partial charge is 0.158 e. The third-order valence-electron chi connectivity index (χ3n) is 4.34. The van der Waals surface area contributed by atoms with E-state index in [4.69, 9.17) is 4.74 Å². The largest absolute Gasteiger partial charge is 0.497 e. The Morgan fingerprint density at radius 1 is 1.15 bits per heavy atom. The van der Waals surface area contributed by atoms with Gasteiger partial charge >= 0.3 is 0 Å². The van der Waals surface area contributed by atoms with Crippen molar-refractivity contribution in [3.63, 3.8) is 0 Å². The molecule has 3 aromatic heterocycles. The highest BCUT2D eigenvalue weighted by Crippen LogP contribution is 2.22. The molecule has 0 saturated heterocycles. The minimum absolute atomic E-state index is 0.658. The molecule has 0 N–H and O–H groups in total. The number of hydrogen-bond acceptors (Lipinski definition) is 6. The molecule has 1 aromatic carbocycles. The Bertz CT molecular complexity index is 1090. The standard InChI is InChI=1S/C20H20N6O/c1-14-7-8-18-19(24-14)20(22-13-21-18)25(2)11-15-10-23-26(12-15)16-5-4-6-17(9-16)27-3/h4-10,12-13H,11H2,1-3H3. The Labute approximate surface area is 157 Å². The van der Waals surface area contributed by atoms with Crippen molar-refractivity contribution in [3.05, 3.63) is 66.4 Å². The topological polar surface area (TPSA) is 69.0 Å². The fourth-order valence-corrected chi connectivity index (χ4v) is 2.99. The molecule has 0 fully saturated rings. The predicted molar refractivity (Wildman–Crippen MR) is 104 cm³/mol. The van der Waals surface area contributed by atoms with Crippen LogP contribution in [0.25, 0.3) is 16.7 Å². The highest BCUT2D eigenvalue weighted by atomic mass is 16.5. The molecule has 0 unspecified atom stereocenters. The second-order valence-electron chi connectivity index (χ2n) is 6.37. The molecule has 27 heavy (non-hydrogen) atoms. The summed E-state index contributed by atoms with van der Waals surface area (Å²) in [6.45, 7) is 2.63. The molecule has 4 aromatic rings. The molecule has 0 spiro atoms. The molecule has 0 saturated carbocycles. The normalized spacial score (nSPS) is 10.9. The lowest BCUT2D eigenvalue weighted by molar-refractivity contribution is 0.414. The van der Waals surface area contributed by atoms with E-state index in [2.05, 4.69) is 25.0 Å². The van der Waals surface area contributed by atoms with Crippen molar-refractivity contribution in [1.82, 2.24) is 24.7 Å². The van der Waals surface area contributed by atoms with Crippen LogP contribution in [0.15, 0.2) is 55.1 Å². The monoisotopic (exact) mass is 360 g/mol. The molecule has 7 nitrogen and oxygen atoms in total. The highest BCUT2D eigenvalue weighted by molar-refractivity contribution is 5.85. The van der Waals surface area contributed by atoms with Crippen molar-refractivity contribution >= 4 is 16.9 Å². The number of aryl methyl sites for hydroxylation is 1. The Morgan fingerprint density at radius 2 is 2.04 bits per heavy atom. The molecule has 4 rings (SSSR count). The molecule has 0 aliphatic rings. The van der Waals surface area contributed by atoms with Crippen LogP contribution in [0.4, 0.5) is 5.82 Å². The summed E-state index contributed by atoms with van der Waals surface area (Å²) in [6, 6.07) is 11.7. The maximum absolute atomic E-state index is 5.29. The number of anilines is 1. The zero-order valence-electron chi connectivity index (χ0n) is 15.5. The predicted octanol–water partition coefficient (Wildman–Crippen LogP) is 3.16. The van der Waals surface area contributed by atoms with Crippen molar-refractivity contribution < 1.29 is 4.74 Å². The lowest BCUT2D eigenvalue weighted by Crippen LogP contribution is -2.18. The van der Waals surface area contributed by atoms with Crippen LogP contribution in [0.3, 0.4) is 0 Å². The fourth-order valence-electron chi connectivity index (χ4n) is 2.99. The molecule has 0 bridgehead atoms. The first-order chi connectivity index (χ1) is 13.1. The van der Waals surface area contributed by atoms with Crippen molar-refractivity contribution in [2.45, 2.75) is 13.5 Å². The molecular formula is C20H20N6O. The van der Waals surface area contributed by atoms with Crippen LogP contribution in [0.1, 0.15) is 11.3 Å². The van der Waals surface area contributed by atoms with Gasteiger partial charge in [-0.2, -0.15) is 5.10 Å². The van der Waals surface area contributed by atoms with Gasteiger partial charge in [0.25, 0.3) is 0 Å². The first-order valence-electron chi connectivity index (χ1n) is 8.61. The molecule has 0 aliphatic carbocycles. The Morgan fingerprint density at radius 3 is 2.89 bits per heavy atom. The number of methoxy groups -OCH3 is 1. The highest BCUT2D eigenvalue weighted by Gasteiger charge is 2.12. The van der Waals surface area contributed by atoms with Gasteiger partial charge in [-0.1, -0.05) is 6.07 Å². The van der Waals surface area contributed by atoms with Gasteiger partial charge in [0, 0.05) is 37.1 Å². The number of rotatable bonds is 5. The lowest BCUT2D eigenvalue weighted by Gasteiger charge is -2.18. The van der Waals surface area contributed by atoms with Crippen molar-refractivity contribution in [2.24, 2.45) is 0 Å². The summed E-state index contributed by atoms with van der Waals surface area (Å²) in [4.78, 5) is 15.4. The minimum atomic E-state index is 0.658. The maximum atomic E-state index is 5.29. The van der Waals surface area contributed by atoms with Gasteiger partial charge in [0.2, 0.25) is 0 Å². The Hall–Kier alpha value is -3.48. The van der Waals surface area contributed by atoms with Gasteiger partial charge in [0.05, 0.1) is 24.5 Å². The van der Waals surface area contributed by atoms with Gasteiger partial charge in [-0.05, 0) is 31.2 Å². The number of aromatic nitrogens is 5. The van der Waals surface area contributed by atoms with Crippen LogP contribution in [-0.4, -0.2) is 38.9 Å². The van der Waals surface area contributed by atoms with Gasteiger partial charge in [-0.3, -0.25) is 0 Å². The number of pyridine rings is 1. The molecule has 0 radical (unpaired) electrons. The van der Waals surface area contributed by atoms with E-state index in [1.54, 1.807) is 13.4 Å². The quantitative estimate of drug-likeness (QED) is 0.544. The van der Waals surface area contributed by atoms with E-state index in [1.165, 1.54) is 0 Å². The van der Waals surface area contributed by atoms with Crippen molar-refractivity contribution in [1.29, 1.82) is 0 Å². The third kappa shape index (κ3) is 3.44. The first kappa shape index (κ1) is 17.0. The summed E-state index contributed by atoms with van der Waals surface area (Å²) in [5.41, 5.74) is 4.61. The maximum Gasteiger partial charge on any atom is 0.158 e. The average molecular weight is 360 g/mol. The van der Waals surface area contributed by atoms with E-state index in [9.17, 15) is 0 Å². The number of nitrogens with zero attached hydrogens (tertiary/aromatic N) is 6. The van der Waals surface area contributed by atoms with E-state index in [-0.39, 0.29) is 0 Å². The first-order valence-corrected chi connectivity index (χ1v) is 8.61. The SMILES string of the molecule is COc1cccc(-n2cc(CN(C)c3ncnc4ccc(C)nc34)cn2)c1. The molecule has 3 heterocycles. The number of hydrogen-bond donors (Lipinski definition) is 0. The van der Waals surface area contributed by atoms with Gasteiger partial charge in [0.1, 0.15) is 17.6 Å². The number of fused-ring (bicyclic) bond motifs is 1. The third-order valence-corrected chi connectivity index (χ3v) is 4.34. The van der Waals surface area contributed by atoms with E-state index >= 15 is 0 Å². The lowest BCUT2D eigenvalue weighted by atomic mass is 10.2. The zero-order chi connectivity index (χ0) is 18.8. The van der Waals surface area contributed by atoms with E-state index in [0.717, 1.165) is 39.5 Å². The van der Waals surface area contributed by atoms with Crippen LogP contribution < -0.4 is 9.64 Å². The molecule has 0 amide bonds. The summed E-state index contributed by atoms with van der Waals surface area (Å²) in [5.74, 6) is 1.60.